The van der Waals surface area contributed by atoms with Crippen molar-refractivity contribution < 1.29 is 25.8 Å². The predicted molar refractivity (Wildman–Crippen MR) is 40.1 cm³/mol. The maximum absolute atomic E-state index is 11.9. The summed E-state index contributed by atoms with van der Waals surface area (Å²) in [6.45, 7) is 0. The van der Waals surface area contributed by atoms with Crippen molar-refractivity contribution in [3.05, 3.63) is 12.2 Å². The van der Waals surface area contributed by atoms with Crippen molar-refractivity contribution in [1.29, 1.82) is 5.26 Å². The van der Waals surface area contributed by atoms with Crippen LogP contribution in [0.25, 0.3) is 0 Å². The SMILES string of the molecule is N#Cc1ncnc(OS(=O)(=O)C(F)(F)F)n1. The molecule has 0 amide bonds. The second-order valence-electron chi connectivity index (χ2n) is 2.19. The van der Waals surface area contributed by atoms with E-state index >= 15 is 0 Å². The van der Waals surface area contributed by atoms with Crippen LogP contribution in [-0.4, -0.2) is 28.9 Å². The molecular weight excluding hydrogens is 253 g/mol. The molecule has 11 heteroatoms. The largest absolute Gasteiger partial charge is 0.534 e. The highest BCUT2D eigenvalue weighted by Crippen LogP contribution is 2.24. The molecule has 1 aromatic heterocycles. The first-order chi connectivity index (χ1) is 7.26. The van der Waals surface area contributed by atoms with Gasteiger partial charge in [-0.25, -0.2) is 4.98 Å². The smallest absolute Gasteiger partial charge is 0.336 e. The van der Waals surface area contributed by atoms with Gasteiger partial charge in [-0.05, 0) is 0 Å². The van der Waals surface area contributed by atoms with E-state index in [-0.39, 0.29) is 0 Å². The molecule has 1 rings (SSSR count). The lowest BCUT2D eigenvalue weighted by atomic mass is 10.7. The molecule has 7 nitrogen and oxygen atoms in total. The number of halogens is 3. The Kier molecular flexibility index (Phi) is 2.95. The molecule has 0 bridgehead atoms. The maximum atomic E-state index is 11.9. The average Bonchev–Trinajstić information content (AvgIpc) is 2.15. The second kappa shape index (κ2) is 3.89. The van der Waals surface area contributed by atoms with Gasteiger partial charge in [-0.15, -0.1) is 0 Å². The first kappa shape index (κ1) is 12.1. The van der Waals surface area contributed by atoms with E-state index in [1.54, 1.807) is 0 Å². The van der Waals surface area contributed by atoms with E-state index in [1.165, 1.54) is 6.07 Å². The Balaban J connectivity index is 3.03. The van der Waals surface area contributed by atoms with Gasteiger partial charge < -0.3 is 4.18 Å². The van der Waals surface area contributed by atoms with Crippen molar-refractivity contribution in [2.45, 2.75) is 5.51 Å². The van der Waals surface area contributed by atoms with Crippen LogP contribution in [0, 0.1) is 11.3 Å². The topological polar surface area (TPSA) is 106 Å². The summed E-state index contributed by atoms with van der Waals surface area (Å²) < 4.78 is 60.1. The van der Waals surface area contributed by atoms with E-state index in [0.717, 1.165) is 0 Å². The zero-order valence-corrected chi connectivity index (χ0v) is 7.95. The molecule has 0 fully saturated rings. The number of hydrogen-bond donors (Lipinski definition) is 0. The number of hydrogen-bond acceptors (Lipinski definition) is 7. The quantitative estimate of drug-likeness (QED) is 0.538. The number of rotatable bonds is 2. The van der Waals surface area contributed by atoms with Crippen LogP contribution >= 0.6 is 0 Å². The summed E-state index contributed by atoms with van der Waals surface area (Å²) in [5.41, 5.74) is -5.59. The molecule has 0 spiro atoms. The number of nitriles is 1. The average molecular weight is 254 g/mol. The van der Waals surface area contributed by atoms with Crippen LogP contribution in [0.4, 0.5) is 13.2 Å². The van der Waals surface area contributed by atoms with Gasteiger partial charge in [0, 0.05) is 0 Å². The van der Waals surface area contributed by atoms with Crippen LogP contribution in [0.1, 0.15) is 5.82 Å². The molecule has 1 aromatic rings. The van der Waals surface area contributed by atoms with E-state index in [9.17, 15) is 21.6 Å². The van der Waals surface area contributed by atoms with Crippen molar-refractivity contribution in [2.75, 3.05) is 0 Å². The highest BCUT2D eigenvalue weighted by Gasteiger charge is 2.49. The highest BCUT2D eigenvalue weighted by molar-refractivity contribution is 7.87. The Hall–Kier alpha value is -1.96. The minimum absolute atomic E-state index is 0.567. The van der Waals surface area contributed by atoms with Crippen LogP contribution in [0.3, 0.4) is 0 Å². The molecular formula is C5HF3N4O3S. The minimum atomic E-state index is -5.84. The van der Waals surface area contributed by atoms with E-state index in [0.29, 0.717) is 6.33 Å². The number of nitrogens with zero attached hydrogens (tertiary/aromatic N) is 4. The molecule has 0 N–H and O–H groups in total. The van der Waals surface area contributed by atoms with Gasteiger partial charge in [-0.3, -0.25) is 0 Å². The van der Waals surface area contributed by atoms with Crippen molar-refractivity contribution >= 4 is 10.1 Å². The fourth-order valence-electron chi connectivity index (χ4n) is 0.521. The predicted octanol–water partition coefficient (Wildman–Crippen LogP) is -0.0283. The molecule has 1 heterocycles. The fourth-order valence-corrected chi connectivity index (χ4v) is 0.892. The van der Waals surface area contributed by atoms with Crippen LogP contribution in [0.2, 0.25) is 0 Å². The van der Waals surface area contributed by atoms with E-state index in [4.69, 9.17) is 5.26 Å². The summed E-state index contributed by atoms with van der Waals surface area (Å²) in [5.74, 6) is -0.567. The van der Waals surface area contributed by atoms with Crippen molar-refractivity contribution in [3.63, 3.8) is 0 Å². The van der Waals surface area contributed by atoms with Gasteiger partial charge in [0.05, 0.1) is 0 Å². The standard InChI is InChI=1S/C5HF3N4O3S/c6-5(7,8)16(13,14)15-4-11-2-10-3(1-9)12-4/h2H. The zero-order chi connectivity index (χ0) is 12.4. The third-order valence-corrected chi connectivity index (χ3v) is 2.05. The van der Waals surface area contributed by atoms with Crippen molar-refractivity contribution in [1.82, 2.24) is 15.0 Å². The summed E-state index contributed by atoms with van der Waals surface area (Å²) in [6.07, 6.45) is 0.646. The van der Waals surface area contributed by atoms with Gasteiger partial charge in [-0.2, -0.15) is 36.8 Å². The summed E-state index contributed by atoms with van der Waals surface area (Å²) in [5, 5.41) is 8.29. The van der Waals surface area contributed by atoms with Crippen molar-refractivity contribution in [3.8, 4) is 12.1 Å². The van der Waals surface area contributed by atoms with Crippen molar-refractivity contribution in [2.24, 2.45) is 0 Å². The first-order valence-corrected chi connectivity index (χ1v) is 4.77. The van der Waals surface area contributed by atoms with Gasteiger partial charge in [0.1, 0.15) is 12.4 Å². The van der Waals surface area contributed by atoms with Gasteiger partial charge in [0.15, 0.2) is 0 Å². The Labute approximate surface area is 86.7 Å². The Bertz CT molecular complexity index is 535. The third-order valence-electron chi connectivity index (χ3n) is 1.12. The Morgan fingerprint density at radius 3 is 2.50 bits per heavy atom. The van der Waals surface area contributed by atoms with E-state index in [2.05, 4.69) is 19.1 Å². The van der Waals surface area contributed by atoms with Gasteiger partial charge in [-0.1, -0.05) is 0 Å². The monoisotopic (exact) mass is 254 g/mol. The summed E-state index contributed by atoms with van der Waals surface area (Å²) in [7, 11) is -5.84. The maximum Gasteiger partial charge on any atom is 0.534 e. The number of alkyl halides is 3. The normalized spacial score (nSPS) is 11.9. The van der Waals surface area contributed by atoms with E-state index in [1.807, 2.05) is 0 Å². The minimum Gasteiger partial charge on any atom is -0.336 e. The summed E-state index contributed by atoms with van der Waals surface area (Å²) in [6, 6.07) is 0.252. The van der Waals surface area contributed by atoms with Crippen LogP contribution in [0.5, 0.6) is 6.01 Å². The first-order valence-electron chi connectivity index (χ1n) is 3.36. The van der Waals surface area contributed by atoms with Gasteiger partial charge >= 0.3 is 21.6 Å². The molecule has 16 heavy (non-hydrogen) atoms. The molecule has 0 aliphatic rings. The van der Waals surface area contributed by atoms with Crippen LogP contribution < -0.4 is 4.18 Å². The molecule has 0 unspecified atom stereocenters. The number of aromatic nitrogens is 3. The lowest BCUT2D eigenvalue weighted by Gasteiger charge is -2.06. The lowest BCUT2D eigenvalue weighted by molar-refractivity contribution is -0.0502. The molecule has 0 radical (unpaired) electrons. The fraction of sp³-hybridized carbons (Fsp3) is 0.200. The molecule has 0 saturated heterocycles. The summed E-state index contributed by atoms with van der Waals surface area (Å²) in [4.78, 5) is 9.23. The molecule has 0 saturated carbocycles. The third kappa shape index (κ3) is 2.54. The zero-order valence-electron chi connectivity index (χ0n) is 7.13. The van der Waals surface area contributed by atoms with Gasteiger partial charge in [0.2, 0.25) is 5.82 Å². The Morgan fingerprint density at radius 2 is 2.00 bits per heavy atom. The highest BCUT2D eigenvalue weighted by atomic mass is 32.2. The Morgan fingerprint density at radius 1 is 1.38 bits per heavy atom. The second-order valence-corrected chi connectivity index (χ2v) is 3.72. The molecule has 0 aliphatic heterocycles. The van der Waals surface area contributed by atoms with Crippen LogP contribution in [-0.2, 0) is 10.1 Å². The van der Waals surface area contributed by atoms with Crippen LogP contribution in [0.15, 0.2) is 6.33 Å². The van der Waals surface area contributed by atoms with Gasteiger partial charge in [0.25, 0.3) is 0 Å². The lowest BCUT2D eigenvalue weighted by Crippen LogP contribution is -2.28. The summed E-state index contributed by atoms with van der Waals surface area (Å²) >= 11 is 0. The molecule has 86 valence electrons. The molecule has 0 aromatic carbocycles. The molecule has 0 atom stereocenters. The van der Waals surface area contributed by atoms with E-state index < -0.39 is 27.5 Å². The molecule has 0 aliphatic carbocycles.